The van der Waals surface area contributed by atoms with E-state index in [9.17, 15) is 4.79 Å². The Kier molecular flexibility index (Phi) is 6.61. The maximum absolute atomic E-state index is 10.7. The van der Waals surface area contributed by atoms with Gasteiger partial charge in [-0.15, -0.1) is 6.42 Å². The summed E-state index contributed by atoms with van der Waals surface area (Å²) in [6.45, 7) is 5.53. The molecule has 1 aromatic carbocycles. The second kappa shape index (κ2) is 8.23. The SMILES string of the molecule is C#CCN(CCCOc1cc(C)cc(C)c1)CC(=O)O. The van der Waals surface area contributed by atoms with Crippen LogP contribution in [0.3, 0.4) is 0 Å². The number of carbonyl (C=O) groups is 1. The van der Waals surface area contributed by atoms with Gasteiger partial charge in [-0.3, -0.25) is 9.69 Å². The number of benzene rings is 1. The standard InChI is InChI=1S/C16H21NO3/c1-4-6-17(12-16(18)19)7-5-8-20-15-10-13(2)9-14(3)11-15/h1,9-11H,5-8,12H2,2-3H3,(H,18,19). The molecule has 1 N–H and O–H groups in total. The molecule has 0 spiro atoms. The highest BCUT2D eigenvalue weighted by molar-refractivity contribution is 5.69. The molecule has 0 saturated heterocycles. The van der Waals surface area contributed by atoms with Gasteiger partial charge < -0.3 is 9.84 Å². The molecule has 4 heteroatoms. The van der Waals surface area contributed by atoms with E-state index in [1.807, 2.05) is 26.0 Å². The third-order valence-corrected chi connectivity index (χ3v) is 2.76. The summed E-state index contributed by atoms with van der Waals surface area (Å²) in [5, 5.41) is 8.76. The molecule has 0 amide bonds. The van der Waals surface area contributed by atoms with Crippen LogP contribution < -0.4 is 4.74 Å². The van der Waals surface area contributed by atoms with Crippen LogP contribution in [-0.2, 0) is 4.79 Å². The molecular weight excluding hydrogens is 254 g/mol. The molecule has 108 valence electrons. The average Bonchev–Trinajstić information content (AvgIpc) is 2.33. The van der Waals surface area contributed by atoms with E-state index in [1.54, 1.807) is 4.90 Å². The Hall–Kier alpha value is -1.99. The van der Waals surface area contributed by atoms with E-state index in [0.717, 1.165) is 12.2 Å². The fraction of sp³-hybridized carbons (Fsp3) is 0.438. The van der Waals surface area contributed by atoms with Crippen LogP contribution in [0.1, 0.15) is 17.5 Å². The molecule has 1 aromatic rings. The number of rotatable bonds is 8. The summed E-state index contributed by atoms with van der Waals surface area (Å²) in [5.74, 6) is 2.45. The number of aryl methyl sites for hydroxylation is 2. The van der Waals surface area contributed by atoms with E-state index in [-0.39, 0.29) is 6.54 Å². The number of ether oxygens (including phenoxy) is 1. The fourth-order valence-corrected chi connectivity index (χ4v) is 2.03. The monoisotopic (exact) mass is 275 g/mol. The lowest BCUT2D eigenvalue weighted by Gasteiger charge is -2.17. The van der Waals surface area contributed by atoms with E-state index in [4.69, 9.17) is 16.3 Å². The summed E-state index contributed by atoms with van der Waals surface area (Å²) in [7, 11) is 0. The second-order valence-electron chi connectivity index (χ2n) is 4.83. The first-order chi connectivity index (χ1) is 9.51. The average molecular weight is 275 g/mol. The molecule has 0 radical (unpaired) electrons. The molecule has 1 rings (SSSR count). The summed E-state index contributed by atoms with van der Waals surface area (Å²) >= 11 is 0. The van der Waals surface area contributed by atoms with Gasteiger partial charge in [0, 0.05) is 6.54 Å². The van der Waals surface area contributed by atoms with Crippen molar-refractivity contribution in [2.75, 3.05) is 26.2 Å². The molecule has 0 aliphatic heterocycles. The molecule has 0 aromatic heterocycles. The quantitative estimate of drug-likeness (QED) is 0.583. The van der Waals surface area contributed by atoms with Gasteiger partial charge >= 0.3 is 5.97 Å². The predicted octanol–water partition coefficient (Wildman–Crippen LogP) is 2.09. The Balaban J connectivity index is 2.36. The van der Waals surface area contributed by atoms with Gasteiger partial charge in [0.25, 0.3) is 0 Å². The van der Waals surface area contributed by atoms with Crippen molar-refractivity contribution >= 4 is 5.97 Å². The van der Waals surface area contributed by atoms with Gasteiger partial charge in [0.05, 0.1) is 19.7 Å². The maximum Gasteiger partial charge on any atom is 0.317 e. The highest BCUT2D eigenvalue weighted by Crippen LogP contribution is 2.16. The Labute approximate surface area is 120 Å². The van der Waals surface area contributed by atoms with Gasteiger partial charge in [-0.05, 0) is 43.5 Å². The van der Waals surface area contributed by atoms with Crippen LogP contribution in [-0.4, -0.2) is 42.2 Å². The minimum absolute atomic E-state index is 0.0340. The minimum atomic E-state index is -0.865. The zero-order valence-electron chi connectivity index (χ0n) is 12.1. The first-order valence-corrected chi connectivity index (χ1v) is 6.60. The van der Waals surface area contributed by atoms with Gasteiger partial charge in [0.15, 0.2) is 0 Å². The van der Waals surface area contributed by atoms with Gasteiger partial charge in [-0.2, -0.15) is 0 Å². The highest BCUT2D eigenvalue weighted by Gasteiger charge is 2.07. The summed E-state index contributed by atoms with van der Waals surface area (Å²) in [6, 6.07) is 6.07. The van der Waals surface area contributed by atoms with Crippen molar-refractivity contribution in [3.63, 3.8) is 0 Å². The molecule has 20 heavy (non-hydrogen) atoms. The predicted molar refractivity (Wildman–Crippen MR) is 78.9 cm³/mol. The summed E-state index contributed by atoms with van der Waals surface area (Å²) in [6.07, 6.45) is 5.96. The number of carboxylic acids is 1. The first-order valence-electron chi connectivity index (χ1n) is 6.60. The van der Waals surface area contributed by atoms with Crippen molar-refractivity contribution in [2.45, 2.75) is 20.3 Å². The topological polar surface area (TPSA) is 49.8 Å². The first kappa shape index (κ1) is 16.1. The third-order valence-electron chi connectivity index (χ3n) is 2.76. The molecule has 0 aliphatic carbocycles. The van der Waals surface area contributed by atoms with E-state index < -0.39 is 5.97 Å². The number of aliphatic carboxylic acids is 1. The zero-order chi connectivity index (χ0) is 15.0. The molecule has 0 bridgehead atoms. The molecule has 0 aliphatic rings. The van der Waals surface area contributed by atoms with Crippen LogP contribution in [0, 0.1) is 26.2 Å². The Morgan fingerprint density at radius 1 is 1.35 bits per heavy atom. The van der Waals surface area contributed by atoms with Gasteiger partial charge in [-0.25, -0.2) is 0 Å². The fourth-order valence-electron chi connectivity index (χ4n) is 2.03. The molecule has 4 nitrogen and oxygen atoms in total. The van der Waals surface area contributed by atoms with Gasteiger partial charge in [0.1, 0.15) is 5.75 Å². The van der Waals surface area contributed by atoms with Crippen molar-refractivity contribution in [1.82, 2.24) is 4.90 Å². The van der Waals surface area contributed by atoms with Crippen LogP contribution in [0.4, 0.5) is 0 Å². The summed E-state index contributed by atoms with van der Waals surface area (Å²) in [5.41, 5.74) is 2.33. The lowest BCUT2D eigenvalue weighted by molar-refractivity contribution is -0.138. The molecule has 0 saturated carbocycles. The van der Waals surface area contributed by atoms with Gasteiger partial charge in [-0.1, -0.05) is 12.0 Å². The Morgan fingerprint density at radius 3 is 2.55 bits per heavy atom. The van der Waals surface area contributed by atoms with Crippen LogP contribution in [0.2, 0.25) is 0 Å². The van der Waals surface area contributed by atoms with E-state index in [2.05, 4.69) is 12.0 Å². The highest BCUT2D eigenvalue weighted by atomic mass is 16.5. The number of nitrogens with zero attached hydrogens (tertiary/aromatic N) is 1. The van der Waals surface area contributed by atoms with Crippen LogP contribution >= 0.6 is 0 Å². The van der Waals surface area contributed by atoms with Crippen molar-refractivity contribution in [3.05, 3.63) is 29.3 Å². The second-order valence-corrected chi connectivity index (χ2v) is 4.83. The number of hydrogen-bond acceptors (Lipinski definition) is 3. The van der Waals surface area contributed by atoms with Gasteiger partial charge in [0.2, 0.25) is 0 Å². The van der Waals surface area contributed by atoms with Crippen LogP contribution in [0.25, 0.3) is 0 Å². The summed E-state index contributed by atoms with van der Waals surface area (Å²) in [4.78, 5) is 12.4. The van der Waals surface area contributed by atoms with Crippen molar-refractivity contribution in [2.24, 2.45) is 0 Å². The number of carboxylic acid groups (broad SMARTS) is 1. The molecule has 0 atom stereocenters. The Morgan fingerprint density at radius 2 is 2.00 bits per heavy atom. The zero-order valence-corrected chi connectivity index (χ0v) is 12.1. The minimum Gasteiger partial charge on any atom is -0.494 e. The summed E-state index contributed by atoms with van der Waals surface area (Å²) < 4.78 is 5.68. The molecule has 0 unspecified atom stereocenters. The normalized spacial score (nSPS) is 10.3. The van der Waals surface area contributed by atoms with Crippen LogP contribution in [0.15, 0.2) is 18.2 Å². The third kappa shape index (κ3) is 6.26. The van der Waals surface area contributed by atoms with Crippen molar-refractivity contribution in [3.8, 4) is 18.1 Å². The Bertz CT molecular complexity index is 471. The van der Waals surface area contributed by atoms with E-state index in [0.29, 0.717) is 19.7 Å². The van der Waals surface area contributed by atoms with E-state index in [1.165, 1.54) is 11.1 Å². The smallest absolute Gasteiger partial charge is 0.317 e. The lowest BCUT2D eigenvalue weighted by Crippen LogP contribution is -2.31. The molecule has 0 fully saturated rings. The van der Waals surface area contributed by atoms with E-state index >= 15 is 0 Å². The van der Waals surface area contributed by atoms with Crippen molar-refractivity contribution < 1.29 is 14.6 Å². The van der Waals surface area contributed by atoms with Crippen molar-refractivity contribution in [1.29, 1.82) is 0 Å². The maximum atomic E-state index is 10.7. The van der Waals surface area contributed by atoms with Crippen LogP contribution in [0.5, 0.6) is 5.75 Å². The largest absolute Gasteiger partial charge is 0.494 e. The number of hydrogen-bond donors (Lipinski definition) is 1. The number of terminal acetylenes is 1. The lowest BCUT2D eigenvalue weighted by atomic mass is 10.1. The molecule has 0 heterocycles. The molecular formula is C16H21NO3.